The fourth-order valence-electron chi connectivity index (χ4n) is 4.28. The molecule has 1 spiro atoms. The Hall–Kier alpha value is -0.120. The number of ether oxygens (including phenoxy) is 3. The van der Waals surface area contributed by atoms with Crippen LogP contribution in [0.3, 0.4) is 0 Å². The Morgan fingerprint density at radius 2 is 2.12 bits per heavy atom. The Morgan fingerprint density at radius 3 is 2.73 bits per heavy atom. The van der Waals surface area contributed by atoms with Gasteiger partial charge in [-0.2, -0.15) is 0 Å². The van der Waals surface area contributed by atoms with E-state index in [4.69, 9.17) is 19.2 Å². The number of rotatable bonds is 9. The summed E-state index contributed by atoms with van der Waals surface area (Å²) >= 11 is 0. The van der Waals surface area contributed by atoms with E-state index in [-0.39, 0.29) is 24.0 Å². The topological polar surface area (TPSA) is 64.1 Å². The smallest absolute Gasteiger partial charge is 0.191 e. The Kier molecular flexibility index (Phi) is 9.40. The van der Waals surface area contributed by atoms with Gasteiger partial charge >= 0.3 is 0 Å². The van der Waals surface area contributed by atoms with Crippen LogP contribution in [-0.4, -0.2) is 63.7 Å². The van der Waals surface area contributed by atoms with E-state index < -0.39 is 0 Å². The molecule has 3 atom stereocenters. The average Bonchev–Trinajstić information content (AvgIpc) is 3.05. The Bertz CT molecular complexity index is 440. The van der Waals surface area contributed by atoms with Gasteiger partial charge in [0.05, 0.1) is 18.8 Å². The molecule has 2 N–H and O–H groups in total. The molecule has 1 saturated heterocycles. The van der Waals surface area contributed by atoms with Gasteiger partial charge in [0.25, 0.3) is 0 Å². The summed E-state index contributed by atoms with van der Waals surface area (Å²) in [6.07, 6.45) is 7.70. The van der Waals surface area contributed by atoms with Crippen molar-refractivity contribution >= 4 is 29.9 Å². The lowest BCUT2D eigenvalue weighted by molar-refractivity contribution is -0.168. The summed E-state index contributed by atoms with van der Waals surface area (Å²) in [5.74, 6) is 0.943. The molecular formula is C19H36IN3O3. The number of nitrogens with zero attached hydrogens (tertiary/aromatic N) is 1. The third-order valence-electron chi connectivity index (χ3n) is 5.91. The van der Waals surface area contributed by atoms with Gasteiger partial charge in [0.2, 0.25) is 0 Å². The van der Waals surface area contributed by atoms with Crippen LogP contribution >= 0.6 is 24.0 Å². The molecular weight excluding hydrogens is 445 g/mol. The monoisotopic (exact) mass is 481 g/mol. The quantitative estimate of drug-likeness (QED) is 0.230. The van der Waals surface area contributed by atoms with Gasteiger partial charge in [0.1, 0.15) is 0 Å². The van der Waals surface area contributed by atoms with Crippen molar-refractivity contribution < 1.29 is 14.2 Å². The number of guanidine groups is 1. The predicted octanol–water partition coefficient (Wildman–Crippen LogP) is 2.70. The molecule has 3 fully saturated rings. The van der Waals surface area contributed by atoms with Crippen LogP contribution in [0.25, 0.3) is 0 Å². The van der Waals surface area contributed by atoms with Gasteiger partial charge in [-0.05, 0) is 46.0 Å². The molecule has 3 unspecified atom stereocenters. The van der Waals surface area contributed by atoms with Gasteiger partial charge in [-0.25, -0.2) is 0 Å². The minimum Gasteiger partial charge on any atom is -0.379 e. The highest BCUT2D eigenvalue weighted by Gasteiger charge is 2.59. The number of hydrogen-bond donors (Lipinski definition) is 2. The minimum atomic E-state index is 0. The molecule has 1 heterocycles. The summed E-state index contributed by atoms with van der Waals surface area (Å²) in [5.41, 5.74) is 0.359. The Balaban J connectivity index is 0.00000243. The molecule has 152 valence electrons. The number of aliphatic imine (C=N–C) groups is 1. The van der Waals surface area contributed by atoms with E-state index in [1.165, 1.54) is 19.3 Å². The molecule has 2 aliphatic carbocycles. The van der Waals surface area contributed by atoms with Crippen molar-refractivity contribution in [2.75, 3.05) is 39.5 Å². The zero-order valence-electron chi connectivity index (χ0n) is 16.3. The summed E-state index contributed by atoms with van der Waals surface area (Å²) in [6.45, 7) is 9.05. The molecule has 0 amide bonds. The number of nitrogens with one attached hydrogen (secondary N) is 2. The molecule has 0 aromatic rings. The molecule has 3 aliphatic rings. The van der Waals surface area contributed by atoms with Gasteiger partial charge in [-0.3, -0.25) is 4.99 Å². The fraction of sp³-hybridized carbons (Fsp3) is 0.947. The van der Waals surface area contributed by atoms with Crippen LogP contribution in [0.4, 0.5) is 0 Å². The molecule has 26 heavy (non-hydrogen) atoms. The average molecular weight is 481 g/mol. The Morgan fingerprint density at radius 1 is 1.27 bits per heavy atom. The van der Waals surface area contributed by atoms with E-state index >= 15 is 0 Å². The van der Waals surface area contributed by atoms with Crippen LogP contribution in [0, 0.1) is 5.41 Å². The molecule has 3 rings (SSSR count). The second kappa shape index (κ2) is 11.0. The first kappa shape index (κ1) is 22.2. The van der Waals surface area contributed by atoms with E-state index in [2.05, 4.69) is 24.5 Å². The third kappa shape index (κ3) is 5.23. The first-order valence-electron chi connectivity index (χ1n) is 10.1. The maximum Gasteiger partial charge on any atom is 0.191 e. The molecule has 7 heteroatoms. The van der Waals surface area contributed by atoms with Crippen molar-refractivity contribution in [1.82, 2.24) is 10.6 Å². The summed E-state index contributed by atoms with van der Waals surface area (Å²) in [6, 6.07) is 0.502. The molecule has 2 saturated carbocycles. The highest BCUT2D eigenvalue weighted by molar-refractivity contribution is 14.0. The summed E-state index contributed by atoms with van der Waals surface area (Å²) in [4.78, 5) is 4.74. The highest BCUT2D eigenvalue weighted by atomic mass is 127. The standard InChI is InChI=1S/C19H35N3O3.HI/c1-3-20-18(21-10-6-11-25-15-7-12-23-14-15)22-16-13-17(24-4-2)19(16)8-5-9-19;/h15-17H,3-14H2,1-2H3,(H2,20,21,22);1H. The van der Waals surface area contributed by atoms with E-state index in [9.17, 15) is 0 Å². The zero-order valence-corrected chi connectivity index (χ0v) is 18.6. The SMILES string of the molecule is CCNC(=NCCCOC1CCOC1)NC1CC(OCC)C12CCC2.I. The van der Waals surface area contributed by atoms with Crippen molar-refractivity contribution in [3.63, 3.8) is 0 Å². The summed E-state index contributed by atoms with van der Waals surface area (Å²) < 4.78 is 17.1. The lowest BCUT2D eigenvalue weighted by Gasteiger charge is -2.61. The van der Waals surface area contributed by atoms with Gasteiger partial charge in [0, 0.05) is 44.4 Å². The molecule has 0 aromatic carbocycles. The van der Waals surface area contributed by atoms with Crippen LogP contribution in [0.15, 0.2) is 4.99 Å². The molecule has 0 radical (unpaired) electrons. The second-order valence-corrected chi connectivity index (χ2v) is 7.43. The van der Waals surface area contributed by atoms with E-state index in [1.54, 1.807) is 0 Å². The van der Waals surface area contributed by atoms with Crippen molar-refractivity contribution in [2.24, 2.45) is 10.4 Å². The third-order valence-corrected chi connectivity index (χ3v) is 5.91. The molecule has 0 bridgehead atoms. The molecule has 1 aliphatic heterocycles. The lowest BCUT2D eigenvalue weighted by Crippen LogP contribution is -2.68. The van der Waals surface area contributed by atoms with Gasteiger partial charge < -0.3 is 24.8 Å². The first-order valence-corrected chi connectivity index (χ1v) is 10.1. The van der Waals surface area contributed by atoms with Crippen LogP contribution in [-0.2, 0) is 14.2 Å². The highest BCUT2D eigenvalue weighted by Crippen LogP contribution is 2.57. The summed E-state index contributed by atoms with van der Waals surface area (Å²) in [7, 11) is 0. The van der Waals surface area contributed by atoms with E-state index in [1.807, 2.05) is 0 Å². The fourth-order valence-corrected chi connectivity index (χ4v) is 4.28. The van der Waals surface area contributed by atoms with E-state index in [0.717, 1.165) is 64.7 Å². The van der Waals surface area contributed by atoms with Crippen molar-refractivity contribution in [1.29, 1.82) is 0 Å². The second-order valence-electron chi connectivity index (χ2n) is 7.43. The van der Waals surface area contributed by atoms with Crippen LogP contribution in [0.2, 0.25) is 0 Å². The van der Waals surface area contributed by atoms with Crippen molar-refractivity contribution in [3.8, 4) is 0 Å². The zero-order chi connectivity index (χ0) is 17.5. The maximum atomic E-state index is 5.94. The normalized spacial score (nSPS) is 29.6. The van der Waals surface area contributed by atoms with Gasteiger partial charge in [-0.1, -0.05) is 6.42 Å². The van der Waals surface area contributed by atoms with Crippen LogP contribution in [0.5, 0.6) is 0 Å². The molecule has 6 nitrogen and oxygen atoms in total. The summed E-state index contributed by atoms with van der Waals surface area (Å²) in [5, 5.41) is 7.05. The van der Waals surface area contributed by atoms with E-state index in [0.29, 0.717) is 23.7 Å². The lowest BCUT2D eigenvalue weighted by atomic mass is 9.51. The van der Waals surface area contributed by atoms with Crippen molar-refractivity contribution in [2.45, 2.75) is 70.6 Å². The number of halogens is 1. The van der Waals surface area contributed by atoms with Crippen molar-refractivity contribution in [3.05, 3.63) is 0 Å². The predicted molar refractivity (Wildman–Crippen MR) is 114 cm³/mol. The maximum absolute atomic E-state index is 5.94. The Labute approximate surface area is 175 Å². The van der Waals surface area contributed by atoms with Crippen LogP contribution in [0.1, 0.15) is 52.4 Å². The van der Waals surface area contributed by atoms with Gasteiger partial charge in [-0.15, -0.1) is 24.0 Å². The first-order chi connectivity index (χ1) is 12.3. The van der Waals surface area contributed by atoms with Crippen LogP contribution < -0.4 is 10.6 Å². The molecule has 0 aromatic heterocycles. The van der Waals surface area contributed by atoms with Gasteiger partial charge in [0.15, 0.2) is 5.96 Å². The largest absolute Gasteiger partial charge is 0.379 e. The minimum absolute atomic E-state index is 0. The number of hydrogen-bond acceptors (Lipinski definition) is 4.